The van der Waals surface area contributed by atoms with Crippen LogP contribution in [-0.4, -0.2) is 74.7 Å². The van der Waals surface area contributed by atoms with Crippen molar-refractivity contribution in [1.82, 2.24) is 20.5 Å². The van der Waals surface area contributed by atoms with E-state index < -0.39 is 0 Å². The lowest BCUT2D eigenvalue weighted by atomic mass is 10.2. The van der Waals surface area contributed by atoms with Crippen molar-refractivity contribution < 1.29 is 0 Å². The van der Waals surface area contributed by atoms with Crippen LogP contribution in [0, 0.1) is 6.92 Å². The maximum atomic E-state index is 4.88. The van der Waals surface area contributed by atoms with Gasteiger partial charge in [-0.2, -0.15) is 0 Å². The second-order valence-electron chi connectivity index (χ2n) is 8.92. The molecule has 3 heterocycles. The molecule has 2 fully saturated rings. The fraction of sp³-hybridized carbons (Fsp3) is 0.520. The highest BCUT2D eigenvalue weighted by molar-refractivity contribution is 5.80. The summed E-state index contributed by atoms with van der Waals surface area (Å²) in [6, 6.07) is 13.5. The molecule has 2 aromatic rings. The lowest BCUT2D eigenvalue weighted by Crippen LogP contribution is -2.45. The molecule has 7 heteroatoms. The van der Waals surface area contributed by atoms with Gasteiger partial charge in [0.25, 0.3) is 0 Å². The van der Waals surface area contributed by atoms with E-state index in [1.54, 1.807) is 0 Å². The van der Waals surface area contributed by atoms with Crippen molar-refractivity contribution in [3.05, 3.63) is 53.7 Å². The smallest absolute Gasteiger partial charge is 0.191 e. The van der Waals surface area contributed by atoms with Gasteiger partial charge in [0, 0.05) is 63.7 Å². The molecule has 2 aliphatic heterocycles. The number of piperazine rings is 1. The summed E-state index contributed by atoms with van der Waals surface area (Å²) in [6.45, 7) is 12.0. The summed E-state index contributed by atoms with van der Waals surface area (Å²) in [5.74, 6) is 1.95. The Hall–Kier alpha value is -2.80. The number of pyridine rings is 1. The molecule has 0 aliphatic carbocycles. The predicted molar refractivity (Wildman–Crippen MR) is 134 cm³/mol. The first-order valence-electron chi connectivity index (χ1n) is 11.9. The van der Waals surface area contributed by atoms with Gasteiger partial charge in [-0.1, -0.05) is 17.7 Å². The molecule has 0 radical (unpaired) electrons. The molecule has 0 spiro atoms. The van der Waals surface area contributed by atoms with Gasteiger partial charge in [-0.25, -0.2) is 9.98 Å². The highest BCUT2D eigenvalue weighted by Gasteiger charge is 2.23. The van der Waals surface area contributed by atoms with Gasteiger partial charge in [-0.15, -0.1) is 0 Å². The van der Waals surface area contributed by atoms with Gasteiger partial charge in [0.2, 0.25) is 0 Å². The maximum Gasteiger partial charge on any atom is 0.191 e. The molecule has 2 N–H and O–H groups in total. The van der Waals surface area contributed by atoms with Gasteiger partial charge in [-0.3, -0.25) is 0 Å². The van der Waals surface area contributed by atoms with Gasteiger partial charge in [0.1, 0.15) is 5.82 Å². The first-order chi connectivity index (χ1) is 15.6. The standard InChI is InChI=1S/C25H37N7/c1-4-26-25(29-22-10-12-32(19-22)23-7-5-20(2)6-8-23)28-18-21-9-11-27-24(17-21)31-15-13-30(3)14-16-31/h5-9,11,17,22H,4,10,12-16,18-19H2,1-3H3,(H2,26,28,29). The van der Waals surface area contributed by atoms with Crippen molar-refractivity contribution in [3.63, 3.8) is 0 Å². The van der Waals surface area contributed by atoms with E-state index in [2.05, 4.69) is 87.6 Å². The summed E-state index contributed by atoms with van der Waals surface area (Å²) < 4.78 is 0. The highest BCUT2D eigenvalue weighted by Crippen LogP contribution is 2.21. The minimum absolute atomic E-state index is 0.396. The van der Waals surface area contributed by atoms with E-state index in [9.17, 15) is 0 Å². The van der Waals surface area contributed by atoms with Crippen molar-refractivity contribution in [3.8, 4) is 0 Å². The lowest BCUT2D eigenvalue weighted by Gasteiger charge is -2.33. The predicted octanol–water partition coefficient (Wildman–Crippen LogP) is 2.48. The third-order valence-corrected chi connectivity index (χ3v) is 6.33. The number of rotatable bonds is 6. The average molecular weight is 436 g/mol. The average Bonchev–Trinajstić information content (AvgIpc) is 3.27. The fourth-order valence-corrected chi connectivity index (χ4v) is 4.32. The fourth-order valence-electron chi connectivity index (χ4n) is 4.32. The topological polar surface area (TPSA) is 59.0 Å². The summed E-state index contributed by atoms with van der Waals surface area (Å²) in [5, 5.41) is 7.06. The highest BCUT2D eigenvalue weighted by atomic mass is 15.3. The molecule has 0 saturated carbocycles. The summed E-state index contributed by atoms with van der Waals surface area (Å²) in [4.78, 5) is 16.7. The third-order valence-electron chi connectivity index (χ3n) is 6.33. The number of aliphatic imine (C=N–C) groups is 1. The molecular formula is C25H37N7. The zero-order chi connectivity index (χ0) is 22.3. The Morgan fingerprint density at radius 2 is 1.84 bits per heavy atom. The summed E-state index contributed by atoms with van der Waals surface area (Å²) in [5.41, 5.74) is 3.80. The first-order valence-corrected chi connectivity index (χ1v) is 11.9. The number of guanidine groups is 1. The van der Waals surface area contributed by atoms with E-state index >= 15 is 0 Å². The van der Waals surface area contributed by atoms with Crippen LogP contribution in [0.4, 0.5) is 11.5 Å². The Kier molecular flexibility index (Phi) is 7.47. The van der Waals surface area contributed by atoms with Crippen LogP contribution in [0.3, 0.4) is 0 Å². The lowest BCUT2D eigenvalue weighted by molar-refractivity contribution is 0.312. The number of likely N-dealkylation sites (N-methyl/N-ethyl adjacent to an activating group) is 1. The van der Waals surface area contributed by atoms with Crippen LogP contribution in [0.5, 0.6) is 0 Å². The summed E-state index contributed by atoms with van der Waals surface area (Å²) in [6.07, 6.45) is 3.02. The Balaban J connectivity index is 1.35. The van der Waals surface area contributed by atoms with Gasteiger partial charge < -0.3 is 25.3 Å². The number of aryl methyl sites for hydroxylation is 1. The van der Waals surface area contributed by atoms with Crippen LogP contribution in [0.15, 0.2) is 47.6 Å². The van der Waals surface area contributed by atoms with Crippen LogP contribution >= 0.6 is 0 Å². The number of aromatic nitrogens is 1. The van der Waals surface area contributed by atoms with Gasteiger partial charge in [0.05, 0.1) is 6.54 Å². The van der Waals surface area contributed by atoms with Crippen LogP contribution in [0.25, 0.3) is 0 Å². The molecule has 1 aromatic heterocycles. The third kappa shape index (κ3) is 5.91. The van der Waals surface area contributed by atoms with Crippen molar-refractivity contribution in [2.24, 2.45) is 4.99 Å². The molecule has 1 aromatic carbocycles. The van der Waals surface area contributed by atoms with Crippen molar-refractivity contribution in [2.45, 2.75) is 32.9 Å². The zero-order valence-corrected chi connectivity index (χ0v) is 19.7. The normalized spacial score (nSPS) is 20.0. The second kappa shape index (κ2) is 10.7. The molecular weight excluding hydrogens is 398 g/mol. The zero-order valence-electron chi connectivity index (χ0n) is 19.7. The number of benzene rings is 1. The number of hydrogen-bond acceptors (Lipinski definition) is 5. The largest absolute Gasteiger partial charge is 0.369 e. The number of hydrogen-bond donors (Lipinski definition) is 2. The molecule has 172 valence electrons. The molecule has 0 bridgehead atoms. The Bertz CT molecular complexity index is 887. The van der Waals surface area contributed by atoms with Gasteiger partial charge in [-0.05, 0) is 57.1 Å². The van der Waals surface area contributed by atoms with E-state index in [0.717, 1.165) is 64.0 Å². The van der Waals surface area contributed by atoms with E-state index in [4.69, 9.17) is 4.99 Å². The monoisotopic (exact) mass is 435 g/mol. The number of nitrogens with zero attached hydrogens (tertiary/aromatic N) is 5. The Morgan fingerprint density at radius 1 is 1.06 bits per heavy atom. The van der Waals surface area contributed by atoms with Gasteiger partial charge >= 0.3 is 0 Å². The summed E-state index contributed by atoms with van der Waals surface area (Å²) in [7, 11) is 2.18. The number of anilines is 2. The quantitative estimate of drug-likeness (QED) is 0.537. The molecule has 2 aliphatic rings. The number of nitrogens with one attached hydrogen (secondary N) is 2. The minimum atomic E-state index is 0.396. The van der Waals surface area contributed by atoms with Crippen LogP contribution in [0.1, 0.15) is 24.5 Å². The van der Waals surface area contributed by atoms with E-state index in [-0.39, 0.29) is 0 Å². The van der Waals surface area contributed by atoms with Gasteiger partial charge in [0.15, 0.2) is 5.96 Å². The minimum Gasteiger partial charge on any atom is -0.369 e. The Morgan fingerprint density at radius 3 is 2.59 bits per heavy atom. The van der Waals surface area contributed by atoms with E-state index in [0.29, 0.717) is 12.6 Å². The molecule has 0 amide bonds. The van der Waals surface area contributed by atoms with Crippen LogP contribution in [-0.2, 0) is 6.54 Å². The van der Waals surface area contributed by atoms with Crippen LogP contribution < -0.4 is 20.4 Å². The first kappa shape index (κ1) is 22.4. The maximum absolute atomic E-state index is 4.88. The van der Waals surface area contributed by atoms with Crippen molar-refractivity contribution >= 4 is 17.5 Å². The summed E-state index contributed by atoms with van der Waals surface area (Å²) >= 11 is 0. The molecule has 1 unspecified atom stereocenters. The van der Waals surface area contributed by atoms with E-state index in [1.807, 2.05) is 6.20 Å². The Labute approximate surface area is 192 Å². The molecule has 4 rings (SSSR count). The SMILES string of the molecule is CCNC(=NCc1ccnc(N2CCN(C)CC2)c1)NC1CCN(c2ccc(C)cc2)C1. The molecule has 7 nitrogen and oxygen atoms in total. The van der Waals surface area contributed by atoms with E-state index in [1.165, 1.54) is 16.8 Å². The molecule has 32 heavy (non-hydrogen) atoms. The molecule has 1 atom stereocenters. The molecule has 2 saturated heterocycles. The van der Waals surface area contributed by atoms with Crippen molar-refractivity contribution in [1.29, 1.82) is 0 Å². The van der Waals surface area contributed by atoms with Crippen LogP contribution in [0.2, 0.25) is 0 Å². The second-order valence-corrected chi connectivity index (χ2v) is 8.92. The van der Waals surface area contributed by atoms with Crippen molar-refractivity contribution in [2.75, 3.05) is 62.7 Å².